The maximum Gasteiger partial charge on any atom is 0.272 e. The lowest BCUT2D eigenvalue weighted by atomic mass is 9.75. The van der Waals surface area contributed by atoms with Gasteiger partial charge in [0.2, 0.25) is 0 Å². The number of anilines is 1. The van der Waals surface area contributed by atoms with Crippen LogP contribution in [0.15, 0.2) is 36.5 Å². The molecule has 2 fully saturated rings. The molecule has 2 heterocycles. The van der Waals surface area contributed by atoms with E-state index < -0.39 is 5.54 Å². The zero-order valence-electron chi connectivity index (χ0n) is 16.1. The molecule has 0 unspecified atom stereocenters. The van der Waals surface area contributed by atoms with E-state index in [1.54, 1.807) is 11.1 Å². The van der Waals surface area contributed by atoms with Crippen LogP contribution in [-0.4, -0.2) is 33.0 Å². The molecule has 0 radical (unpaired) electrons. The summed E-state index contributed by atoms with van der Waals surface area (Å²) in [5.74, 6) is 0.403. The Balaban J connectivity index is 1.61. The van der Waals surface area contributed by atoms with Crippen LogP contribution in [0.3, 0.4) is 0 Å². The van der Waals surface area contributed by atoms with Crippen molar-refractivity contribution in [3.8, 4) is 0 Å². The van der Waals surface area contributed by atoms with Crippen LogP contribution in [0.2, 0.25) is 0 Å². The summed E-state index contributed by atoms with van der Waals surface area (Å²) in [5, 5.41) is 0.550. The lowest BCUT2D eigenvalue weighted by molar-refractivity contribution is -0.129. The van der Waals surface area contributed by atoms with Crippen molar-refractivity contribution in [1.82, 2.24) is 9.88 Å². The first kappa shape index (κ1) is 18.6. The molecule has 6 heteroatoms. The summed E-state index contributed by atoms with van der Waals surface area (Å²) in [4.78, 5) is 24.7. The summed E-state index contributed by atoms with van der Waals surface area (Å²) >= 11 is 5.75. The predicted octanol–water partition coefficient (Wildman–Crippen LogP) is 4.35. The molecule has 2 aromatic rings. The van der Waals surface area contributed by atoms with E-state index in [0.717, 1.165) is 37.8 Å². The molecule has 28 heavy (non-hydrogen) atoms. The average molecular weight is 391 g/mol. The smallest absolute Gasteiger partial charge is 0.272 e. The minimum absolute atomic E-state index is 0.0458. The van der Waals surface area contributed by atoms with Crippen LogP contribution >= 0.6 is 12.2 Å². The van der Waals surface area contributed by atoms with Crippen LogP contribution in [0, 0.1) is 20.4 Å². The third-order valence-corrected chi connectivity index (χ3v) is 6.27. The number of hydrogen-bond donors (Lipinski definition) is 0. The Hall–Kier alpha value is -2.78. The summed E-state index contributed by atoms with van der Waals surface area (Å²) < 4.78 is 0. The van der Waals surface area contributed by atoms with Gasteiger partial charge >= 0.3 is 0 Å². The van der Waals surface area contributed by atoms with Crippen molar-refractivity contribution in [3.63, 3.8) is 0 Å². The van der Waals surface area contributed by atoms with Gasteiger partial charge in [0.05, 0.1) is 5.69 Å². The fourth-order valence-electron chi connectivity index (χ4n) is 4.03. The molecule has 0 N–H and O–H groups in total. The summed E-state index contributed by atoms with van der Waals surface area (Å²) in [7, 11) is 0. The number of carbonyl (C=O) groups is 1. The van der Waals surface area contributed by atoms with Crippen molar-refractivity contribution >= 4 is 34.7 Å². The number of carbonyl (C=O) groups excluding carboxylic acids is 1. The molecule has 2 aliphatic rings. The van der Waals surface area contributed by atoms with Crippen molar-refractivity contribution < 1.29 is 4.79 Å². The Morgan fingerprint density at radius 3 is 2.54 bits per heavy atom. The first-order valence-electron chi connectivity index (χ1n) is 9.52. The maximum absolute atomic E-state index is 13.4. The molecule has 1 aromatic carbocycles. The van der Waals surface area contributed by atoms with Crippen LogP contribution in [-0.2, 0) is 11.2 Å². The number of benzene rings is 1. The highest BCUT2D eigenvalue weighted by Crippen LogP contribution is 2.45. The number of aromatic nitrogens is 1. The van der Waals surface area contributed by atoms with E-state index in [9.17, 15) is 4.79 Å². The highest BCUT2D eigenvalue weighted by molar-refractivity contribution is 7.80. The second-order valence-corrected chi connectivity index (χ2v) is 8.01. The molecule has 1 aromatic heterocycles. The molecule has 5 nitrogen and oxygen atoms in total. The van der Waals surface area contributed by atoms with Gasteiger partial charge in [-0.1, -0.05) is 36.4 Å². The SMILES string of the molecule is [C-]#[N+]c1ncc(N2C(=O)C3(CCC3)N(CCc3ccc(C)cc3)C2=S)cc1C. The predicted molar refractivity (Wildman–Crippen MR) is 113 cm³/mol. The molecule has 4 rings (SSSR count). The third kappa shape index (κ3) is 2.87. The van der Waals surface area contributed by atoms with Crippen molar-refractivity contribution in [2.75, 3.05) is 11.4 Å². The highest BCUT2D eigenvalue weighted by Gasteiger charge is 2.58. The van der Waals surface area contributed by atoms with E-state index in [4.69, 9.17) is 18.8 Å². The van der Waals surface area contributed by atoms with Gasteiger partial charge in [0.1, 0.15) is 11.7 Å². The first-order chi connectivity index (χ1) is 13.5. The lowest BCUT2D eigenvalue weighted by Crippen LogP contribution is -2.55. The molecule has 1 spiro atoms. The Kier molecular flexibility index (Phi) is 4.64. The van der Waals surface area contributed by atoms with Gasteiger partial charge in [-0.2, -0.15) is 0 Å². The van der Waals surface area contributed by atoms with E-state index in [2.05, 4.69) is 45.9 Å². The number of aryl methyl sites for hydroxylation is 2. The Morgan fingerprint density at radius 2 is 1.96 bits per heavy atom. The quantitative estimate of drug-likeness (QED) is 0.575. The fourth-order valence-corrected chi connectivity index (χ4v) is 4.49. The van der Waals surface area contributed by atoms with Crippen LogP contribution in [0.5, 0.6) is 0 Å². The minimum Gasteiger partial charge on any atom is -0.360 e. The van der Waals surface area contributed by atoms with E-state index in [0.29, 0.717) is 16.6 Å². The molecule has 1 amide bonds. The first-order valence-corrected chi connectivity index (χ1v) is 9.93. The van der Waals surface area contributed by atoms with E-state index in [1.807, 2.05) is 13.0 Å². The Morgan fingerprint density at radius 1 is 1.25 bits per heavy atom. The minimum atomic E-state index is -0.506. The fraction of sp³-hybridized carbons (Fsp3) is 0.364. The van der Waals surface area contributed by atoms with Gasteiger partial charge in [-0.05, 0) is 68.9 Å². The second kappa shape index (κ2) is 6.99. The van der Waals surface area contributed by atoms with Gasteiger partial charge in [0.15, 0.2) is 5.11 Å². The largest absolute Gasteiger partial charge is 0.360 e. The molecule has 1 aliphatic heterocycles. The van der Waals surface area contributed by atoms with E-state index >= 15 is 0 Å². The van der Waals surface area contributed by atoms with Crippen LogP contribution < -0.4 is 4.90 Å². The van der Waals surface area contributed by atoms with Crippen molar-refractivity contribution in [2.24, 2.45) is 0 Å². The number of pyridine rings is 1. The molecule has 1 aliphatic carbocycles. The van der Waals surface area contributed by atoms with Crippen LogP contribution in [0.4, 0.5) is 11.5 Å². The van der Waals surface area contributed by atoms with Gasteiger partial charge in [0, 0.05) is 6.54 Å². The van der Waals surface area contributed by atoms with E-state index in [1.165, 1.54) is 11.1 Å². The van der Waals surface area contributed by atoms with Crippen molar-refractivity contribution in [2.45, 2.75) is 45.1 Å². The lowest BCUT2D eigenvalue weighted by Gasteiger charge is -2.43. The van der Waals surface area contributed by atoms with Crippen molar-refractivity contribution in [3.05, 3.63) is 64.6 Å². The van der Waals surface area contributed by atoms with Gasteiger partial charge in [-0.25, -0.2) is 0 Å². The molecular weight excluding hydrogens is 368 g/mol. The number of amides is 1. The molecule has 142 valence electrons. The van der Waals surface area contributed by atoms with Crippen LogP contribution in [0.1, 0.15) is 36.0 Å². The molecule has 0 atom stereocenters. The topological polar surface area (TPSA) is 40.8 Å². The number of rotatable bonds is 4. The Labute approximate surface area is 170 Å². The second-order valence-electron chi connectivity index (χ2n) is 7.64. The number of thiocarbonyl (C=S) groups is 1. The van der Waals surface area contributed by atoms with Crippen LogP contribution in [0.25, 0.3) is 4.85 Å². The zero-order valence-corrected chi connectivity index (χ0v) is 16.9. The summed E-state index contributed by atoms with van der Waals surface area (Å²) in [6, 6.07) is 10.3. The molecular formula is C22H22N4OS. The van der Waals surface area contributed by atoms with Gasteiger partial charge in [-0.3, -0.25) is 9.69 Å². The third-order valence-electron chi connectivity index (χ3n) is 5.87. The molecule has 0 bridgehead atoms. The number of hydrogen-bond acceptors (Lipinski definition) is 3. The van der Waals surface area contributed by atoms with Crippen molar-refractivity contribution in [1.29, 1.82) is 0 Å². The molecule has 1 saturated heterocycles. The highest BCUT2D eigenvalue weighted by atomic mass is 32.1. The molecule has 1 saturated carbocycles. The summed E-state index contributed by atoms with van der Waals surface area (Å²) in [5.41, 5.74) is 3.39. The van der Waals surface area contributed by atoms with E-state index in [-0.39, 0.29) is 5.91 Å². The van der Waals surface area contributed by atoms with Gasteiger partial charge < -0.3 is 9.74 Å². The van der Waals surface area contributed by atoms with Gasteiger partial charge in [-0.15, -0.1) is 4.98 Å². The summed E-state index contributed by atoms with van der Waals surface area (Å²) in [6.45, 7) is 11.8. The normalized spacial score (nSPS) is 17.8. The monoisotopic (exact) mass is 390 g/mol. The maximum atomic E-state index is 13.4. The number of nitrogens with zero attached hydrogens (tertiary/aromatic N) is 4. The standard InChI is InChI=1S/C22H22N4OS/c1-15-5-7-17(8-6-15)9-12-25-21(28)26(20(27)22(25)10-4-11-22)18-13-16(2)19(23-3)24-14-18/h5-8,13-14H,4,9-12H2,1-2H3. The average Bonchev–Trinajstić information content (AvgIpc) is 2.87. The Bertz CT molecular complexity index is 989. The summed E-state index contributed by atoms with van der Waals surface area (Å²) in [6.07, 6.45) is 5.14. The zero-order chi connectivity index (χ0) is 19.9. The van der Waals surface area contributed by atoms with Gasteiger partial charge in [0.25, 0.3) is 11.7 Å².